The van der Waals surface area contributed by atoms with Crippen molar-refractivity contribution in [3.8, 4) is 45.3 Å². The molecule has 12 nitrogen and oxygen atoms in total. The first-order valence-corrected chi connectivity index (χ1v) is 20.9. The third-order valence-electron chi connectivity index (χ3n) is 10.7. The molecule has 0 N–H and O–H groups in total. The quantitative estimate of drug-likeness (QED) is 0.0834. The molecule has 65 heavy (non-hydrogen) atoms. The summed E-state index contributed by atoms with van der Waals surface area (Å²) in [5, 5.41) is 22.7. The topological polar surface area (TPSA) is 154 Å². The second kappa shape index (κ2) is 23.0. The summed E-state index contributed by atoms with van der Waals surface area (Å²) in [6.45, 7) is 1.05. The molecule has 2 aliphatic heterocycles. The van der Waals surface area contributed by atoms with Gasteiger partial charge in [-0.05, 0) is 106 Å². The number of hydrogen-bond donors (Lipinski definition) is 0. The third-order valence-corrected chi connectivity index (χ3v) is 11.3. The smallest absolute Gasteiger partial charge is 0.548 e. The Labute approximate surface area is 416 Å². The summed E-state index contributed by atoms with van der Waals surface area (Å²) in [6, 6.07) is 42.0. The van der Waals surface area contributed by atoms with Crippen LogP contribution in [0.5, 0.6) is 23.0 Å². The third kappa shape index (κ3) is 12.7. The van der Waals surface area contributed by atoms with Crippen molar-refractivity contribution in [3.05, 3.63) is 166 Å². The molecule has 0 aliphatic carbocycles. The average molecular weight is 948 g/mol. The van der Waals surface area contributed by atoms with Gasteiger partial charge in [-0.15, -0.1) is 0 Å². The van der Waals surface area contributed by atoms with Crippen molar-refractivity contribution in [1.29, 1.82) is 0 Å². The van der Waals surface area contributed by atoms with E-state index in [1.807, 2.05) is 121 Å². The zero-order valence-corrected chi connectivity index (χ0v) is 39.4. The zero-order valence-electron chi connectivity index (χ0n) is 35.7. The van der Waals surface area contributed by atoms with Gasteiger partial charge in [0, 0.05) is 11.1 Å². The van der Waals surface area contributed by atoms with Gasteiger partial charge in [0.05, 0.1) is 75.8 Å². The molecular weight excluding hydrogens is 904 g/mol. The summed E-state index contributed by atoms with van der Waals surface area (Å²) in [5.74, 6) is 0.293. The van der Waals surface area contributed by atoms with Crippen molar-refractivity contribution in [2.45, 2.75) is 24.4 Å². The molecule has 2 saturated heterocycles. The average Bonchev–Trinajstić information content (AvgIpc) is 3.28. The van der Waals surface area contributed by atoms with Crippen LogP contribution in [0.1, 0.15) is 22.3 Å². The van der Waals surface area contributed by atoms with E-state index in [-0.39, 0.29) is 37.7 Å². The Morgan fingerprint density at radius 2 is 0.908 bits per heavy atom. The van der Waals surface area contributed by atoms with E-state index >= 15 is 0 Å². The van der Waals surface area contributed by atoms with Gasteiger partial charge in [-0.25, -0.2) is 0 Å². The van der Waals surface area contributed by atoms with E-state index < -0.39 is 36.4 Å². The number of halogens is 2. The molecule has 0 amide bonds. The summed E-state index contributed by atoms with van der Waals surface area (Å²) in [4.78, 5) is 21.5. The van der Waals surface area contributed by atoms with Gasteiger partial charge in [0.15, 0.2) is 0 Å². The minimum absolute atomic E-state index is 0. The monoisotopic (exact) mass is 946 g/mol. The fourth-order valence-corrected chi connectivity index (χ4v) is 7.61. The summed E-state index contributed by atoms with van der Waals surface area (Å²) >= 11 is 12.8. The maximum atomic E-state index is 10.7. The van der Waals surface area contributed by atoms with Crippen LogP contribution in [0.4, 0.5) is 0 Å². The Morgan fingerprint density at radius 1 is 0.538 bits per heavy atom. The van der Waals surface area contributed by atoms with Crippen molar-refractivity contribution < 1.29 is 57.7 Å². The van der Waals surface area contributed by atoms with Gasteiger partial charge in [-0.3, -0.25) is 0 Å². The van der Waals surface area contributed by atoms with E-state index in [2.05, 4.69) is 0 Å². The van der Waals surface area contributed by atoms with Crippen LogP contribution in [0.3, 0.4) is 0 Å². The fourth-order valence-electron chi connectivity index (χ4n) is 7.05. The summed E-state index contributed by atoms with van der Waals surface area (Å²) in [7, 11) is 3.21. The molecule has 0 spiro atoms. The molecule has 0 bridgehead atoms. The molecule has 0 radical (unpaired) electrons. The maximum absolute atomic E-state index is 10.7. The number of carbonyl (C=O) groups is 2. The van der Waals surface area contributed by atoms with Crippen LogP contribution in [0, 0.1) is 0 Å². The Kier molecular flexibility index (Phi) is 17.6. The SMILES string of the molecule is COc1ccc(-c2cccc(COc3ccc(C4(OCC(=O)[O-])COC4)cc3)c2)c(Cl)c1.COc1ccc(-c2cccc(COc3ccc(C4(OCC(=O)[O-])COC4)cc3)c2)c(Cl)c1.[Ca+2]. The Hall–Kier alpha value is -4.86. The Morgan fingerprint density at radius 3 is 1.22 bits per heavy atom. The molecule has 2 heterocycles. The van der Waals surface area contributed by atoms with Gasteiger partial charge < -0.3 is 57.7 Å². The second-order valence-corrected chi connectivity index (χ2v) is 15.8. The van der Waals surface area contributed by atoms with E-state index in [0.29, 0.717) is 72.7 Å². The second-order valence-electron chi connectivity index (χ2n) is 15.0. The molecule has 0 aromatic heterocycles. The molecule has 0 atom stereocenters. The fraction of sp³-hybridized carbons (Fsp3) is 0.240. The Bertz CT molecular complexity index is 2370. The molecule has 15 heteroatoms. The number of benzene rings is 6. The normalized spacial score (nSPS) is 14.2. The van der Waals surface area contributed by atoms with Crippen LogP contribution in [-0.2, 0) is 53.0 Å². The molecule has 0 saturated carbocycles. The number of hydrogen-bond acceptors (Lipinski definition) is 12. The van der Waals surface area contributed by atoms with E-state index in [1.54, 1.807) is 26.4 Å². The van der Waals surface area contributed by atoms with Crippen LogP contribution in [0.2, 0.25) is 10.0 Å². The zero-order chi connectivity index (χ0) is 45.1. The first kappa shape index (κ1) is 49.6. The molecular formula is C50H44CaCl2O12. The standard InChI is InChI=1S/2C25H23ClO6.Ca/c2*1-29-21-9-10-22(23(26)12-21)18-4-2-3-17(11-18)13-31-20-7-5-19(6-8-20)25(15-30-16-25)32-14-24(27)28;/h2*2-12H,13-16H2,1H3,(H,27,28);/q;;+2/p-2. The summed E-state index contributed by atoms with van der Waals surface area (Å²) in [6.07, 6.45) is 0. The number of aliphatic carboxylic acids is 2. The summed E-state index contributed by atoms with van der Waals surface area (Å²) in [5.41, 5.74) is 6.01. The number of rotatable bonds is 18. The van der Waals surface area contributed by atoms with E-state index in [0.717, 1.165) is 44.5 Å². The summed E-state index contributed by atoms with van der Waals surface area (Å²) < 4.78 is 43.8. The van der Waals surface area contributed by atoms with Crippen LogP contribution < -0.4 is 29.2 Å². The van der Waals surface area contributed by atoms with Crippen molar-refractivity contribution in [1.82, 2.24) is 0 Å². The predicted octanol–water partition coefficient (Wildman–Crippen LogP) is 6.79. The van der Waals surface area contributed by atoms with Gasteiger partial charge in [-0.2, -0.15) is 0 Å². The van der Waals surface area contributed by atoms with Crippen LogP contribution in [-0.4, -0.2) is 104 Å². The van der Waals surface area contributed by atoms with Gasteiger partial charge in [0.2, 0.25) is 0 Å². The van der Waals surface area contributed by atoms with Gasteiger partial charge >= 0.3 is 37.7 Å². The minimum atomic E-state index is -1.26. The van der Waals surface area contributed by atoms with Gasteiger partial charge in [0.1, 0.15) is 47.4 Å². The molecule has 2 aliphatic rings. The molecule has 6 aromatic rings. The van der Waals surface area contributed by atoms with E-state index in [4.69, 9.17) is 61.1 Å². The Balaban J connectivity index is 0.000000212. The number of carboxylic acids is 2. The predicted molar refractivity (Wildman–Crippen MR) is 241 cm³/mol. The molecule has 2 fully saturated rings. The minimum Gasteiger partial charge on any atom is -0.548 e. The van der Waals surface area contributed by atoms with Crippen LogP contribution in [0.25, 0.3) is 22.3 Å². The van der Waals surface area contributed by atoms with Crippen molar-refractivity contribution >= 4 is 72.9 Å². The first-order valence-electron chi connectivity index (χ1n) is 20.1. The molecule has 6 aromatic carbocycles. The van der Waals surface area contributed by atoms with Crippen LogP contribution in [0.15, 0.2) is 133 Å². The van der Waals surface area contributed by atoms with Crippen LogP contribution >= 0.6 is 23.2 Å². The van der Waals surface area contributed by atoms with Crippen molar-refractivity contribution in [2.24, 2.45) is 0 Å². The van der Waals surface area contributed by atoms with E-state index in [1.165, 1.54) is 0 Å². The maximum Gasteiger partial charge on any atom is 2.00 e. The van der Waals surface area contributed by atoms with E-state index in [9.17, 15) is 19.8 Å². The van der Waals surface area contributed by atoms with Gasteiger partial charge in [-0.1, -0.05) is 83.9 Å². The van der Waals surface area contributed by atoms with Gasteiger partial charge in [0.25, 0.3) is 0 Å². The number of ether oxygens (including phenoxy) is 8. The number of carboxylic acid groups (broad SMARTS) is 2. The first-order chi connectivity index (χ1) is 31.0. The molecule has 0 unspecified atom stereocenters. The number of methoxy groups -OCH3 is 2. The van der Waals surface area contributed by atoms with Crippen molar-refractivity contribution in [3.63, 3.8) is 0 Å². The molecule has 332 valence electrons. The largest absolute Gasteiger partial charge is 2.00 e. The molecule has 8 rings (SSSR count). The number of carbonyl (C=O) groups excluding carboxylic acids is 2. The van der Waals surface area contributed by atoms with Crippen molar-refractivity contribution in [2.75, 3.05) is 53.9 Å².